The van der Waals surface area contributed by atoms with Gasteiger partial charge in [0.15, 0.2) is 0 Å². The Balaban J connectivity index is 3.99. The molecule has 0 bridgehead atoms. The van der Waals surface area contributed by atoms with Gasteiger partial charge in [0.25, 0.3) is 0 Å². The van der Waals surface area contributed by atoms with Crippen LogP contribution in [0.15, 0.2) is 0 Å². The van der Waals surface area contributed by atoms with Crippen LogP contribution in [-0.2, 0) is 9.59 Å². The van der Waals surface area contributed by atoms with Gasteiger partial charge in [-0.05, 0) is 26.7 Å². The van der Waals surface area contributed by atoms with Crippen molar-refractivity contribution in [3.05, 3.63) is 0 Å². The molecule has 0 aromatic carbocycles. The van der Waals surface area contributed by atoms with Crippen molar-refractivity contribution in [2.75, 3.05) is 6.54 Å². The first-order valence-electron chi connectivity index (χ1n) is 5.54. The van der Waals surface area contributed by atoms with Crippen LogP contribution in [-0.4, -0.2) is 34.5 Å². The number of hydrogen-bond donors (Lipinski definition) is 1. The lowest BCUT2D eigenvalue weighted by atomic mass is 10.1. The lowest BCUT2D eigenvalue weighted by molar-refractivity contribution is -0.137. The summed E-state index contributed by atoms with van der Waals surface area (Å²) >= 11 is 0. The van der Waals surface area contributed by atoms with E-state index >= 15 is 0 Å². The second-order valence-corrected chi connectivity index (χ2v) is 3.68. The minimum atomic E-state index is -0.839. The number of carbonyl (C=O) groups is 2. The minimum Gasteiger partial charge on any atom is -0.481 e. The Morgan fingerprint density at radius 2 is 1.87 bits per heavy atom. The van der Waals surface area contributed by atoms with E-state index in [1.54, 1.807) is 0 Å². The third kappa shape index (κ3) is 5.40. The SMILES string of the molecule is CCC(C)N(CC)C(=O)CCCC(=O)O. The van der Waals surface area contributed by atoms with Gasteiger partial charge in [-0.15, -0.1) is 0 Å². The summed E-state index contributed by atoms with van der Waals surface area (Å²) in [6.07, 6.45) is 1.77. The molecular weight excluding hydrogens is 194 g/mol. The van der Waals surface area contributed by atoms with Gasteiger partial charge in [0.1, 0.15) is 0 Å². The zero-order valence-electron chi connectivity index (χ0n) is 9.82. The van der Waals surface area contributed by atoms with Gasteiger partial charge in [-0.25, -0.2) is 0 Å². The number of nitrogens with zero attached hydrogens (tertiary/aromatic N) is 1. The number of amides is 1. The molecule has 0 fully saturated rings. The topological polar surface area (TPSA) is 57.6 Å². The highest BCUT2D eigenvalue weighted by atomic mass is 16.4. The molecule has 88 valence electrons. The standard InChI is InChI=1S/C11H21NO3/c1-4-9(3)12(5-2)10(13)7-6-8-11(14)15/h9H,4-8H2,1-3H3,(H,14,15). The fraction of sp³-hybridized carbons (Fsp3) is 0.818. The van der Waals surface area contributed by atoms with Crippen LogP contribution in [0.4, 0.5) is 0 Å². The molecule has 1 unspecified atom stereocenters. The van der Waals surface area contributed by atoms with E-state index in [2.05, 4.69) is 0 Å². The maximum Gasteiger partial charge on any atom is 0.303 e. The maximum atomic E-state index is 11.7. The number of hydrogen-bond acceptors (Lipinski definition) is 2. The number of carbonyl (C=O) groups excluding carboxylic acids is 1. The van der Waals surface area contributed by atoms with Gasteiger partial charge in [-0.1, -0.05) is 6.92 Å². The van der Waals surface area contributed by atoms with Crippen molar-refractivity contribution in [3.63, 3.8) is 0 Å². The highest BCUT2D eigenvalue weighted by molar-refractivity contribution is 5.77. The quantitative estimate of drug-likeness (QED) is 0.705. The number of rotatable bonds is 7. The van der Waals surface area contributed by atoms with E-state index in [-0.39, 0.29) is 18.4 Å². The molecule has 0 heterocycles. The Morgan fingerprint density at radius 3 is 2.27 bits per heavy atom. The third-order valence-corrected chi connectivity index (χ3v) is 2.57. The Kier molecular flexibility index (Phi) is 6.75. The molecule has 0 aromatic rings. The normalized spacial score (nSPS) is 12.2. The van der Waals surface area contributed by atoms with E-state index in [4.69, 9.17) is 5.11 Å². The molecule has 1 atom stereocenters. The Morgan fingerprint density at radius 1 is 1.27 bits per heavy atom. The Bertz CT molecular complexity index is 216. The molecule has 4 heteroatoms. The Labute approximate surface area is 91.3 Å². The van der Waals surface area contributed by atoms with Gasteiger partial charge >= 0.3 is 5.97 Å². The van der Waals surface area contributed by atoms with Crippen molar-refractivity contribution < 1.29 is 14.7 Å². The molecule has 0 aliphatic rings. The molecule has 15 heavy (non-hydrogen) atoms. The maximum absolute atomic E-state index is 11.7. The van der Waals surface area contributed by atoms with Crippen LogP contribution in [0.5, 0.6) is 0 Å². The summed E-state index contributed by atoms with van der Waals surface area (Å²) in [5.41, 5.74) is 0. The summed E-state index contributed by atoms with van der Waals surface area (Å²) in [7, 11) is 0. The molecule has 0 aromatic heterocycles. The summed E-state index contributed by atoms with van der Waals surface area (Å²) in [6.45, 7) is 6.69. The first kappa shape index (κ1) is 13.9. The largest absolute Gasteiger partial charge is 0.481 e. The number of carboxylic acids is 1. The summed E-state index contributed by atoms with van der Waals surface area (Å²) in [4.78, 5) is 23.8. The van der Waals surface area contributed by atoms with Crippen LogP contribution in [0.2, 0.25) is 0 Å². The van der Waals surface area contributed by atoms with Crippen LogP contribution >= 0.6 is 0 Å². The first-order valence-corrected chi connectivity index (χ1v) is 5.54. The van der Waals surface area contributed by atoms with E-state index in [0.29, 0.717) is 19.4 Å². The van der Waals surface area contributed by atoms with E-state index < -0.39 is 5.97 Å². The van der Waals surface area contributed by atoms with Gasteiger partial charge in [0.05, 0.1) is 0 Å². The molecular formula is C11H21NO3. The van der Waals surface area contributed by atoms with Crippen molar-refractivity contribution in [2.45, 2.75) is 52.5 Å². The summed E-state index contributed by atoms with van der Waals surface area (Å²) in [5, 5.41) is 8.45. The lowest BCUT2D eigenvalue weighted by Crippen LogP contribution is -2.37. The van der Waals surface area contributed by atoms with E-state index in [0.717, 1.165) is 6.42 Å². The fourth-order valence-electron chi connectivity index (χ4n) is 1.49. The van der Waals surface area contributed by atoms with Crippen molar-refractivity contribution in [1.82, 2.24) is 4.90 Å². The summed E-state index contributed by atoms with van der Waals surface area (Å²) < 4.78 is 0. The van der Waals surface area contributed by atoms with Gasteiger partial charge < -0.3 is 10.0 Å². The van der Waals surface area contributed by atoms with Crippen LogP contribution in [0, 0.1) is 0 Å². The molecule has 0 radical (unpaired) electrons. The van der Waals surface area contributed by atoms with Crippen LogP contribution in [0.1, 0.15) is 46.5 Å². The van der Waals surface area contributed by atoms with Gasteiger partial charge in [0.2, 0.25) is 5.91 Å². The monoisotopic (exact) mass is 215 g/mol. The van der Waals surface area contributed by atoms with Crippen LogP contribution < -0.4 is 0 Å². The highest BCUT2D eigenvalue weighted by Crippen LogP contribution is 2.07. The van der Waals surface area contributed by atoms with Crippen molar-refractivity contribution in [3.8, 4) is 0 Å². The third-order valence-electron chi connectivity index (χ3n) is 2.57. The molecule has 1 N–H and O–H groups in total. The Hall–Kier alpha value is -1.06. The smallest absolute Gasteiger partial charge is 0.303 e. The molecule has 0 rings (SSSR count). The molecule has 0 aliphatic heterocycles. The van der Waals surface area contributed by atoms with Crippen molar-refractivity contribution >= 4 is 11.9 Å². The van der Waals surface area contributed by atoms with Crippen LogP contribution in [0.3, 0.4) is 0 Å². The van der Waals surface area contributed by atoms with E-state index in [1.807, 2.05) is 25.7 Å². The van der Waals surface area contributed by atoms with Gasteiger partial charge in [-0.2, -0.15) is 0 Å². The molecule has 1 amide bonds. The minimum absolute atomic E-state index is 0.0631. The summed E-state index contributed by atoms with van der Waals surface area (Å²) in [5.74, 6) is -0.775. The van der Waals surface area contributed by atoms with Crippen LogP contribution in [0.25, 0.3) is 0 Å². The first-order chi connectivity index (χ1) is 7.02. The average Bonchev–Trinajstić information content (AvgIpc) is 2.18. The fourth-order valence-corrected chi connectivity index (χ4v) is 1.49. The number of aliphatic carboxylic acids is 1. The zero-order chi connectivity index (χ0) is 11.8. The van der Waals surface area contributed by atoms with Gasteiger partial charge in [0, 0.05) is 25.4 Å². The predicted molar refractivity (Wildman–Crippen MR) is 58.6 cm³/mol. The summed E-state index contributed by atoms with van der Waals surface area (Å²) in [6, 6.07) is 0.243. The van der Waals surface area contributed by atoms with E-state index in [9.17, 15) is 9.59 Å². The number of carboxylic acid groups (broad SMARTS) is 1. The second-order valence-electron chi connectivity index (χ2n) is 3.68. The predicted octanol–water partition coefficient (Wildman–Crippen LogP) is 1.89. The van der Waals surface area contributed by atoms with Crippen molar-refractivity contribution in [2.24, 2.45) is 0 Å². The molecule has 0 aliphatic carbocycles. The molecule has 4 nitrogen and oxygen atoms in total. The second kappa shape index (κ2) is 7.26. The lowest BCUT2D eigenvalue weighted by Gasteiger charge is -2.27. The average molecular weight is 215 g/mol. The van der Waals surface area contributed by atoms with Crippen molar-refractivity contribution in [1.29, 1.82) is 0 Å². The van der Waals surface area contributed by atoms with E-state index in [1.165, 1.54) is 0 Å². The zero-order valence-corrected chi connectivity index (χ0v) is 9.82. The highest BCUT2D eigenvalue weighted by Gasteiger charge is 2.16. The molecule has 0 saturated heterocycles. The molecule has 0 spiro atoms. The van der Waals surface area contributed by atoms with Gasteiger partial charge in [-0.3, -0.25) is 9.59 Å². The molecule has 0 saturated carbocycles.